The van der Waals surface area contributed by atoms with Crippen molar-refractivity contribution in [2.45, 2.75) is 39.8 Å². The van der Waals surface area contributed by atoms with Gasteiger partial charge in [0.05, 0.1) is 35.1 Å². The number of aromatic hydroxyl groups is 1. The molecule has 0 amide bonds. The van der Waals surface area contributed by atoms with Gasteiger partial charge in [0.15, 0.2) is 16.3 Å². The zero-order chi connectivity index (χ0) is 29.6. The molecule has 0 radical (unpaired) electrons. The van der Waals surface area contributed by atoms with Gasteiger partial charge < -0.3 is 19.3 Å². The number of carbonyl (C=O) groups excluding carboxylic acids is 1. The van der Waals surface area contributed by atoms with Gasteiger partial charge in [-0.05, 0) is 67.3 Å². The van der Waals surface area contributed by atoms with Crippen LogP contribution in [0.25, 0.3) is 6.08 Å². The van der Waals surface area contributed by atoms with Gasteiger partial charge >= 0.3 is 5.97 Å². The van der Waals surface area contributed by atoms with E-state index in [2.05, 4.69) is 4.99 Å². The number of esters is 1. The Labute approximate surface area is 247 Å². The summed E-state index contributed by atoms with van der Waals surface area (Å²) < 4.78 is 19.0. The van der Waals surface area contributed by atoms with Crippen LogP contribution in [0.15, 0.2) is 93.9 Å². The molecule has 0 saturated heterocycles. The number of thiazole rings is 1. The summed E-state index contributed by atoms with van der Waals surface area (Å²) in [5.74, 6) is 0.530. The highest BCUT2D eigenvalue weighted by Crippen LogP contribution is 2.32. The van der Waals surface area contributed by atoms with Crippen LogP contribution in [0.4, 0.5) is 0 Å². The monoisotopic (exact) mass is 584 g/mol. The van der Waals surface area contributed by atoms with Gasteiger partial charge in [-0.2, -0.15) is 0 Å². The molecule has 0 saturated carbocycles. The molecule has 5 rings (SSSR count). The number of ether oxygens (including phenoxy) is 3. The highest BCUT2D eigenvalue weighted by molar-refractivity contribution is 7.07. The summed E-state index contributed by atoms with van der Waals surface area (Å²) in [4.78, 5) is 32.7. The fourth-order valence-electron chi connectivity index (χ4n) is 4.71. The quantitative estimate of drug-likeness (QED) is 0.267. The second-order valence-electron chi connectivity index (χ2n) is 9.72. The molecule has 2 heterocycles. The van der Waals surface area contributed by atoms with Crippen LogP contribution in [0.1, 0.15) is 49.9 Å². The summed E-state index contributed by atoms with van der Waals surface area (Å²) in [5.41, 5.74) is 2.78. The number of fused-ring (bicyclic) bond motifs is 1. The van der Waals surface area contributed by atoms with Crippen LogP contribution in [0.5, 0.6) is 17.2 Å². The lowest BCUT2D eigenvalue weighted by Crippen LogP contribution is -2.39. The van der Waals surface area contributed by atoms with Gasteiger partial charge in [0.25, 0.3) is 5.56 Å². The van der Waals surface area contributed by atoms with Crippen molar-refractivity contribution >= 4 is 23.4 Å². The number of allylic oxidation sites excluding steroid dienone is 1. The Morgan fingerprint density at radius 2 is 1.81 bits per heavy atom. The van der Waals surface area contributed by atoms with E-state index in [4.69, 9.17) is 14.2 Å². The number of hydrogen-bond acceptors (Lipinski definition) is 8. The maximum Gasteiger partial charge on any atom is 0.338 e. The largest absolute Gasteiger partial charge is 0.504 e. The molecule has 3 aromatic carbocycles. The molecule has 0 aliphatic carbocycles. The van der Waals surface area contributed by atoms with Crippen LogP contribution < -0.4 is 24.4 Å². The van der Waals surface area contributed by atoms with E-state index in [0.29, 0.717) is 50.9 Å². The maximum absolute atomic E-state index is 13.9. The number of phenolic OH excluding ortho intramolecular Hbond substituents is 1. The molecule has 216 valence electrons. The van der Waals surface area contributed by atoms with Gasteiger partial charge in [-0.15, -0.1) is 0 Å². The van der Waals surface area contributed by atoms with Crippen molar-refractivity contribution in [3.05, 3.63) is 120 Å². The predicted molar refractivity (Wildman–Crippen MR) is 162 cm³/mol. The zero-order valence-corrected chi connectivity index (χ0v) is 24.5. The van der Waals surface area contributed by atoms with Crippen LogP contribution in [-0.2, 0) is 16.1 Å². The minimum atomic E-state index is -0.745. The van der Waals surface area contributed by atoms with Crippen LogP contribution in [0.2, 0.25) is 0 Å². The molecule has 9 heteroatoms. The van der Waals surface area contributed by atoms with Crippen molar-refractivity contribution in [2.75, 3.05) is 13.2 Å². The SMILES string of the molecule is CCCOc1ccc(C2C(C(=O)OCc3ccccc3)=C(C)N=c3s/c(=C\c4ccc(O)c(OCC)c4)c(=O)n32)cc1. The third-order valence-corrected chi connectivity index (χ3v) is 7.69. The molecule has 1 aliphatic heterocycles. The molecule has 0 fully saturated rings. The van der Waals surface area contributed by atoms with Gasteiger partial charge in [0, 0.05) is 0 Å². The number of benzene rings is 3. The fourth-order valence-corrected chi connectivity index (χ4v) is 5.75. The molecule has 1 unspecified atom stereocenters. The van der Waals surface area contributed by atoms with Gasteiger partial charge in [-0.1, -0.05) is 66.8 Å². The summed E-state index contributed by atoms with van der Waals surface area (Å²) in [6.07, 6.45) is 2.61. The molecule has 42 heavy (non-hydrogen) atoms. The van der Waals surface area contributed by atoms with E-state index in [9.17, 15) is 14.7 Å². The summed E-state index contributed by atoms with van der Waals surface area (Å²) >= 11 is 1.23. The number of hydrogen-bond donors (Lipinski definition) is 1. The normalized spacial score (nSPS) is 14.7. The van der Waals surface area contributed by atoms with Gasteiger partial charge in [-0.3, -0.25) is 9.36 Å². The van der Waals surface area contributed by atoms with Crippen molar-refractivity contribution in [1.82, 2.24) is 4.57 Å². The van der Waals surface area contributed by atoms with E-state index in [-0.39, 0.29) is 17.9 Å². The predicted octanol–water partition coefficient (Wildman–Crippen LogP) is 4.87. The molecule has 1 aliphatic rings. The van der Waals surface area contributed by atoms with Gasteiger partial charge in [0.2, 0.25) is 0 Å². The first-order valence-electron chi connectivity index (χ1n) is 13.8. The topological polar surface area (TPSA) is 99.4 Å². The highest BCUT2D eigenvalue weighted by Gasteiger charge is 2.33. The smallest absolute Gasteiger partial charge is 0.338 e. The number of nitrogens with zero attached hydrogens (tertiary/aromatic N) is 2. The van der Waals surface area contributed by atoms with E-state index >= 15 is 0 Å². The Balaban J connectivity index is 1.59. The first kappa shape index (κ1) is 28.9. The van der Waals surface area contributed by atoms with Crippen LogP contribution in [0, 0.1) is 0 Å². The summed E-state index contributed by atoms with van der Waals surface area (Å²) in [5, 5.41) is 10.1. The van der Waals surface area contributed by atoms with Crippen molar-refractivity contribution in [2.24, 2.45) is 4.99 Å². The number of rotatable bonds is 10. The standard InChI is InChI=1S/C33H32N2O6S/c1-4-17-40-25-14-12-24(13-15-25)30-29(32(38)41-20-22-9-7-6-8-10-22)21(3)34-33-35(30)31(37)28(42-33)19-23-11-16-26(36)27(18-23)39-5-2/h6-16,18-19,30,36H,4-5,17,20H2,1-3H3/b28-19-. The molecule has 1 atom stereocenters. The minimum Gasteiger partial charge on any atom is -0.504 e. The first-order valence-corrected chi connectivity index (χ1v) is 14.6. The Morgan fingerprint density at radius 1 is 1.05 bits per heavy atom. The molecular weight excluding hydrogens is 552 g/mol. The average Bonchev–Trinajstić information content (AvgIpc) is 3.30. The molecule has 0 spiro atoms. The third-order valence-electron chi connectivity index (χ3n) is 6.70. The Bertz CT molecular complexity index is 1790. The molecule has 8 nitrogen and oxygen atoms in total. The third kappa shape index (κ3) is 6.16. The second-order valence-corrected chi connectivity index (χ2v) is 10.7. The number of phenols is 1. The summed E-state index contributed by atoms with van der Waals surface area (Å²) in [7, 11) is 0. The van der Waals surface area contributed by atoms with Gasteiger partial charge in [-0.25, -0.2) is 9.79 Å². The van der Waals surface area contributed by atoms with E-state index in [1.54, 1.807) is 29.7 Å². The summed E-state index contributed by atoms with van der Waals surface area (Å²) in [6, 6.07) is 21.0. The molecule has 1 aromatic heterocycles. The summed E-state index contributed by atoms with van der Waals surface area (Å²) in [6.45, 7) is 6.71. The van der Waals surface area contributed by atoms with Crippen LogP contribution in [-0.4, -0.2) is 28.9 Å². The van der Waals surface area contributed by atoms with E-state index in [1.807, 2.05) is 68.4 Å². The first-order chi connectivity index (χ1) is 20.4. The van der Waals surface area contributed by atoms with Crippen LogP contribution >= 0.6 is 11.3 Å². The van der Waals surface area contributed by atoms with E-state index in [0.717, 1.165) is 17.5 Å². The number of carbonyl (C=O) groups is 1. The van der Waals surface area contributed by atoms with Crippen molar-refractivity contribution in [3.63, 3.8) is 0 Å². The Morgan fingerprint density at radius 3 is 2.52 bits per heavy atom. The Kier molecular flexibility index (Phi) is 8.88. The second kappa shape index (κ2) is 12.9. The zero-order valence-electron chi connectivity index (χ0n) is 23.7. The van der Waals surface area contributed by atoms with E-state index in [1.165, 1.54) is 17.4 Å². The lowest BCUT2D eigenvalue weighted by atomic mass is 9.96. The van der Waals surface area contributed by atoms with E-state index < -0.39 is 12.0 Å². The van der Waals surface area contributed by atoms with Gasteiger partial charge in [0.1, 0.15) is 12.4 Å². The fraction of sp³-hybridized carbons (Fsp3) is 0.242. The Hall–Kier alpha value is -4.63. The highest BCUT2D eigenvalue weighted by atomic mass is 32.1. The maximum atomic E-state index is 13.9. The molecule has 0 bridgehead atoms. The molecule has 4 aromatic rings. The minimum absolute atomic E-state index is 0.0242. The molecular formula is C33H32N2O6S. The van der Waals surface area contributed by atoms with Crippen molar-refractivity contribution in [1.29, 1.82) is 0 Å². The lowest BCUT2D eigenvalue weighted by Gasteiger charge is -2.25. The number of aromatic nitrogens is 1. The van der Waals surface area contributed by atoms with Crippen LogP contribution in [0.3, 0.4) is 0 Å². The van der Waals surface area contributed by atoms with Crippen molar-refractivity contribution in [3.8, 4) is 17.2 Å². The molecule has 1 N–H and O–H groups in total. The van der Waals surface area contributed by atoms with Crippen molar-refractivity contribution < 1.29 is 24.1 Å². The average molecular weight is 585 g/mol. The lowest BCUT2D eigenvalue weighted by molar-refractivity contribution is -0.140.